The van der Waals surface area contributed by atoms with Gasteiger partial charge in [0.1, 0.15) is 6.54 Å². The molecule has 0 unspecified atom stereocenters. The zero-order valence-corrected chi connectivity index (χ0v) is 16.9. The minimum atomic E-state index is -3.60. The van der Waals surface area contributed by atoms with E-state index in [1.807, 2.05) is 56.3 Å². The summed E-state index contributed by atoms with van der Waals surface area (Å²) < 4.78 is 26.4. The molecule has 0 bridgehead atoms. The van der Waals surface area contributed by atoms with Gasteiger partial charge in [-0.1, -0.05) is 43.3 Å². The quantitative estimate of drug-likeness (QED) is 0.792. The van der Waals surface area contributed by atoms with Crippen molar-refractivity contribution < 1.29 is 13.2 Å². The molecule has 27 heavy (non-hydrogen) atoms. The first-order chi connectivity index (χ1) is 12.8. The average Bonchev–Trinajstić information content (AvgIpc) is 2.64. The van der Waals surface area contributed by atoms with Gasteiger partial charge < -0.3 is 4.90 Å². The third kappa shape index (κ3) is 4.00. The summed E-state index contributed by atoms with van der Waals surface area (Å²) in [5.74, 6) is -0.196. The third-order valence-corrected chi connectivity index (χ3v) is 6.15. The highest BCUT2D eigenvalue weighted by atomic mass is 32.2. The molecule has 5 nitrogen and oxygen atoms in total. The van der Waals surface area contributed by atoms with Crippen molar-refractivity contribution in [3.63, 3.8) is 0 Å². The Kier molecular flexibility index (Phi) is 5.56. The molecule has 2 aromatic rings. The SMILES string of the molecule is CCc1cccc(C)c1N(CC(=O)N1CCCc2ccccc21)S(C)(=O)=O. The molecule has 2 aromatic carbocycles. The van der Waals surface area contributed by atoms with Gasteiger partial charge >= 0.3 is 0 Å². The molecule has 1 aliphatic heterocycles. The highest BCUT2D eigenvalue weighted by molar-refractivity contribution is 7.92. The van der Waals surface area contributed by atoms with Gasteiger partial charge in [0, 0.05) is 12.2 Å². The maximum absolute atomic E-state index is 13.1. The molecule has 3 rings (SSSR count). The normalized spacial score (nSPS) is 14.0. The average molecular weight is 387 g/mol. The standard InChI is InChI=1S/C21H26N2O3S/c1-4-17-11-7-9-16(2)21(17)23(27(3,25)26)15-20(24)22-14-8-12-18-10-5-6-13-19(18)22/h5-7,9-11,13H,4,8,12,14-15H2,1-3H3. The van der Waals surface area contributed by atoms with E-state index in [1.165, 1.54) is 4.31 Å². The lowest BCUT2D eigenvalue weighted by Crippen LogP contribution is -2.45. The Balaban J connectivity index is 1.97. The predicted molar refractivity (Wildman–Crippen MR) is 110 cm³/mol. The number of hydrogen-bond acceptors (Lipinski definition) is 3. The summed E-state index contributed by atoms with van der Waals surface area (Å²) in [4.78, 5) is 14.8. The van der Waals surface area contributed by atoms with Crippen LogP contribution in [-0.2, 0) is 27.7 Å². The fraction of sp³-hybridized carbons (Fsp3) is 0.381. The summed E-state index contributed by atoms with van der Waals surface area (Å²) in [6.07, 6.45) is 3.68. The Morgan fingerprint density at radius 3 is 2.59 bits per heavy atom. The van der Waals surface area contributed by atoms with Gasteiger partial charge in [-0.05, 0) is 48.9 Å². The lowest BCUT2D eigenvalue weighted by Gasteiger charge is -2.32. The molecule has 1 aliphatic rings. The number of carbonyl (C=O) groups is 1. The summed E-state index contributed by atoms with van der Waals surface area (Å²) in [5.41, 5.74) is 4.43. The number of benzene rings is 2. The molecule has 0 aliphatic carbocycles. The second-order valence-electron chi connectivity index (χ2n) is 6.98. The molecule has 144 valence electrons. The van der Waals surface area contributed by atoms with Crippen LogP contribution in [0, 0.1) is 6.92 Å². The first kappa shape index (κ1) is 19.4. The summed E-state index contributed by atoms with van der Waals surface area (Å²) in [5, 5.41) is 0. The Labute approximate surface area is 161 Å². The van der Waals surface area contributed by atoms with Gasteiger partial charge in [-0.15, -0.1) is 0 Å². The van der Waals surface area contributed by atoms with Crippen LogP contribution < -0.4 is 9.21 Å². The van der Waals surface area contributed by atoms with Gasteiger partial charge in [0.15, 0.2) is 0 Å². The Hall–Kier alpha value is -2.34. The molecule has 0 saturated carbocycles. The minimum Gasteiger partial charge on any atom is -0.311 e. The monoisotopic (exact) mass is 386 g/mol. The van der Waals surface area contributed by atoms with E-state index in [2.05, 4.69) is 0 Å². The lowest BCUT2D eigenvalue weighted by atomic mass is 10.0. The van der Waals surface area contributed by atoms with E-state index in [1.54, 1.807) is 4.90 Å². The molecule has 0 saturated heterocycles. The minimum absolute atomic E-state index is 0.189. The number of aryl methyl sites for hydroxylation is 3. The number of carbonyl (C=O) groups excluding carboxylic acids is 1. The molecule has 0 radical (unpaired) electrons. The van der Waals surface area contributed by atoms with Gasteiger partial charge in [0.25, 0.3) is 0 Å². The predicted octanol–water partition coefficient (Wildman–Crippen LogP) is 3.30. The fourth-order valence-corrected chi connectivity index (χ4v) is 4.66. The molecule has 6 heteroatoms. The highest BCUT2D eigenvalue weighted by Gasteiger charge is 2.29. The van der Waals surface area contributed by atoms with Crippen molar-refractivity contribution in [3.05, 3.63) is 59.2 Å². The topological polar surface area (TPSA) is 57.7 Å². The maximum Gasteiger partial charge on any atom is 0.247 e. The van der Waals surface area contributed by atoms with Gasteiger partial charge in [0.05, 0.1) is 11.9 Å². The van der Waals surface area contributed by atoms with E-state index in [0.717, 1.165) is 41.5 Å². The van der Waals surface area contributed by atoms with E-state index in [9.17, 15) is 13.2 Å². The van der Waals surface area contributed by atoms with Crippen molar-refractivity contribution in [2.24, 2.45) is 0 Å². The van der Waals surface area contributed by atoms with Crippen LogP contribution in [0.5, 0.6) is 0 Å². The number of amides is 1. The third-order valence-electron chi connectivity index (χ3n) is 5.04. The molecule has 1 amide bonds. The fourth-order valence-electron chi connectivity index (χ4n) is 3.72. The number of fused-ring (bicyclic) bond motifs is 1. The lowest BCUT2D eigenvalue weighted by molar-refractivity contribution is -0.117. The van der Waals surface area contributed by atoms with Crippen molar-refractivity contribution in [1.82, 2.24) is 0 Å². The number of hydrogen-bond donors (Lipinski definition) is 0. The van der Waals surface area contributed by atoms with Gasteiger partial charge in [0.2, 0.25) is 15.9 Å². The number of anilines is 2. The summed E-state index contributed by atoms with van der Waals surface area (Å²) in [7, 11) is -3.60. The van der Waals surface area contributed by atoms with Crippen LogP contribution in [0.3, 0.4) is 0 Å². The summed E-state index contributed by atoms with van der Waals surface area (Å²) in [6.45, 7) is 4.29. The molecule has 0 N–H and O–H groups in total. The first-order valence-electron chi connectivity index (χ1n) is 9.27. The van der Waals surface area contributed by atoms with E-state index in [0.29, 0.717) is 18.7 Å². The van der Waals surface area contributed by atoms with Crippen molar-refractivity contribution in [2.45, 2.75) is 33.1 Å². The number of para-hydroxylation sites is 2. The summed E-state index contributed by atoms with van der Waals surface area (Å²) >= 11 is 0. The van der Waals surface area contributed by atoms with E-state index in [-0.39, 0.29) is 12.5 Å². The number of rotatable bonds is 5. The second-order valence-corrected chi connectivity index (χ2v) is 8.89. The van der Waals surface area contributed by atoms with Crippen molar-refractivity contribution in [2.75, 3.05) is 28.6 Å². The van der Waals surface area contributed by atoms with Crippen LogP contribution in [0.4, 0.5) is 11.4 Å². The molecule has 0 aromatic heterocycles. The van der Waals surface area contributed by atoms with Crippen molar-refractivity contribution >= 4 is 27.3 Å². The van der Waals surface area contributed by atoms with Crippen LogP contribution in [0.2, 0.25) is 0 Å². The van der Waals surface area contributed by atoms with Crippen LogP contribution in [0.15, 0.2) is 42.5 Å². The second kappa shape index (κ2) is 7.72. The molecule has 0 spiro atoms. The largest absolute Gasteiger partial charge is 0.311 e. The molecular formula is C21H26N2O3S. The van der Waals surface area contributed by atoms with Crippen LogP contribution in [0.1, 0.15) is 30.0 Å². The molecular weight excluding hydrogens is 360 g/mol. The zero-order valence-electron chi connectivity index (χ0n) is 16.1. The van der Waals surface area contributed by atoms with Crippen molar-refractivity contribution in [3.8, 4) is 0 Å². The van der Waals surface area contributed by atoms with Crippen LogP contribution >= 0.6 is 0 Å². The van der Waals surface area contributed by atoms with E-state index in [4.69, 9.17) is 0 Å². The number of nitrogens with zero attached hydrogens (tertiary/aromatic N) is 2. The number of sulfonamides is 1. The molecule has 0 atom stereocenters. The highest BCUT2D eigenvalue weighted by Crippen LogP contribution is 2.30. The Morgan fingerprint density at radius 1 is 1.15 bits per heavy atom. The van der Waals surface area contributed by atoms with Gasteiger partial charge in [-0.25, -0.2) is 8.42 Å². The zero-order chi connectivity index (χ0) is 19.6. The Bertz CT molecular complexity index is 954. The van der Waals surface area contributed by atoms with Crippen molar-refractivity contribution in [1.29, 1.82) is 0 Å². The molecule has 1 heterocycles. The van der Waals surface area contributed by atoms with Crippen LogP contribution in [0.25, 0.3) is 0 Å². The maximum atomic E-state index is 13.1. The van der Waals surface area contributed by atoms with Gasteiger partial charge in [-0.2, -0.15) is 0 Å². The molecule has 0 fully saturated rings. The smallest absolute Gasteiger partial charge is 0.247 e. The van der Waals surface area contributed by atoms with Gasteiger partial charge in [-0.3, -0.25) is 9.10 Å². The Morgan fingerprint density at radius 2 is 1.89 bits per heavy atom. The first-order valence-corrected chi connectivity index (χ1v) is 11.1. The van der Waals surface area contributed by atoms with Crippen LogP contribution in [-0.4, -0.2) is 33.7 Å². The summed E-state index contributed by atoms with van der Waals surface area (Å²) in [6, 6.07) is 13.6. The van der Waals surface area contributed by atoms with E-state index < -0.39 is 10.0 Å². The van der Waals surface area contributed by atoms with E-state index >= 15 is 0 Å².